The van der Waals surface area contributed by atoms with E-state index >= 15 is 0 Å². The molecule has 0 saturated heterocycles. The van der Waals surface area contributed by atoms with Crippen molar-refractivity contribution in [1.82, 2.24) is 14.5 Å². The van der Waals surface area contributed by atoms with E-state index in [9.17, 15) is 9.59 Å². The molecule has 38 heavy (non-hydrogen) atoms. The summed E-state index contributed by atoms with van der Waals surface area (Å²) in [6, 6.07) is 17.7. The molecule has 0 bridgehead atoms. The van der Waals surface area contributed by atoms with Gasteiger partial charge in [-0.3, -0.25) is 14.2 Å². The largest absolute Gasteiger partial charge is 0.497 e. The minimum absolute atomic E-state index is 0.111. The molecule has 1 heterocycles. The Morgan fingerprint density at radius 1 is 1.03 bits per heavy atom. The van der Waals surface area contributed by atoms with Gasteiger partial charge in [0.05, 0.1) is 41.3 Å². The smallest absolute Gasteiger partial charge is 0.266 e. The van der Waals surface area contributed by atoms with Crippen molar-refractivity contribution in [3.05, 3.63) is 92.4 Å². The average Bonchev–Trinajstić information content (AvgIpc) is 2.91. The first-order chi connectivity index (χ1) is 18.2. The molecule has 0 radical (unpaired) electrons. The van der Waals surface area contributed by atoms with E-state index in [1.54, 1.807) is 41.9 Å². The highest BCUT2D eigenvalue weighted by atomic mass is 79.9. The van der Waals surface area contributed by atoms with Crippen molar-refractivity contribution < 1.29 is 14.3 Å². The van der Waals surface area contributed by atoms with E-state index in [2.05, 4.69) is 29.8 Å². The van der Waals surface area contributed by atoms with Crippen LogP contribution in [0.15, 0.2) is 69.9 Å². The first kappa shape index (κ1) is 27.4. The van der Waals surface area contributed by atoms with Crippen molar-refractivity contribution in [2.24, 2.45) is 5.92 Å². The quantitative estimate of drug-likeness (QED) is 0.244. The zero-order valence-corrected chi connectivity index (χ0v) is 24.1. The van der Waals surface area contributed by atoms with Crippen LogP contribution in [0.3, 0.4) is 0 Å². The summed E-state index contributed by atoms with van der Waals surface area (Å²) in [6.45, 7) is 8.45. The topological polar surface area (TPSA) is 73.7 Å². The van der Waals surface area contributed by atoms with Gasteiger partial charge in [0.2, 0.25) is 0 Å². The molecule has 1 atom stereocenters. The Kier molecular flexibility index (Phi) is 8.21. The molecule has 0 saturated carbocycles. The van der Waals surface area contributed by atoms with Crippen molar-refractivity contribution in [2.45, 2.75) is 33.7 Å². The van der Waals surface area contributed by atoms with Crippen LogP contribution in [-0.2, 0) is 0 Å². The van der Waals surface area contributed by atoms with Gasteiger partial charge >= 0.3 is 0 Å². The molecule has 7 nitrogen and oxygen atoms in total. The Balaban J connectivity index is 2.01. The molecule has 8 heteroatoms. The lowest BCUT2D eigenvalue weighted by Gasteiger charge is -2.32. The highest BCUT2D eigenvalue weighted by Gasteiger charge is 2.30. The lowest BCUT2D eigenvalue weighted by Crippen LogP contribution is -2.39. The van der Waals surface area contributed by atoms with E-state index < -0.39 is 6.04 Å². The summed E-state index contributed by atoms with van der Waals surface area (Å²) in [5, 5.41) is 0.470. The minimum atomic E-state index is -0.536. The number of nitrogens with zero attached hydrogens (tertiary/aromatic N) is 3. The van der Waals surface area contributed by atoms with E-state index in [0.29, 0.717) is 50.5 Å². The second-order valence-corrected chi connectivity index (χ2v) is 10.4. The minimum Gasteiger partial charge on any atom is -0.497 e. The Hall–Kier alpha value is -3.65. The average molecular weight is 579 g/mol. The van der Waals surface area contributed by atoms with Crippen LogP contribution in [0.2, 0.25) is 0 Å². The van der Waals surface area contributed by atoms with Crippen LogP contribution in [0.4, 0.5) is 0 Å². The number of amides is 1. The Labute approximate surface area is 231 Å². The van der Waals surface area contributed by atoms with Crippen molar-refractivity contribution >= 4 is 32.7 Å². The lowest BCUT2D eigenvalue weighted by molar-refractivity contribution is 0.0654. The van der Waals surface area contributed by atoms with E-state index in [0.717, 1.165) is 5.56 Å². The maximum Gasteiger partial charge on any atom is 0.266 e. The second kappa shape index (κ2) is 11.4. The van der Waals surface area contributed by atoms with E-state index in [1.165, 1.54) is 0 Å². The molecule has 0 fully saturated rings. The number of hydrogen-bond acceptors (Lipinski definition) is 5. The summed E-state index contributed by atoms with van der Waals surface area (Å²) in [4.78, 5) is 34.8. The van der Waals surface area contributed by atoms with Crippen LogP contribution in [0, 0.1) is 12.8 Å². The molecule has 1 aromatic heterocycles. The molecular formula is C30H32BrN3O4. The van der Waals surface area contributed by atoms with Gasteiger partial charge < -0.3 is 14.4 Å². The van der Waals surface area contributed by atoms with Gasteiger partial charge in [0.25, 0.3) is 11.5 Å². The van der Waals surface area contributed by atoms with Gasteiger partial charge in [0.1, 0.15) is 17.3 Å². The molecule has 4 rings (SSSR count). The fourth-order valence-corrected chi connectivity index (χ4v) is 5.14. The molecule has 0 aliphatic rings. The number of fused-ring (bicyclic) bond motifs is 1. The predicted molar refractivity (Wildman–Crippen MR) is 154 cm³/mol. The highest BCUT2D eigenvalue weighted by Crippen LogP contribution is 2.37. The molecule has 0 N–H and O–H groups in total. The second-order valence-electron chi connectivity index (χ2n) is 9.63. The number of para-hydroxylation sites is 1. The standard InChI is InChI=1S/C30H32BrN3O4/c1-18(2)17-33(29(35)22-12-8-7-11-19(22)3)20(4)28-32-24-14-10-9-13-23(24)30(36)34(28)25-15-21(37-5)16-26(38-6)27(25)31/h7-16,18,20H,17H2,1-6H3. The monoisotopic (exact) mass is 577 g/mol. The summed E-state index contributed by atoms with van der Waals surface area (Å²) in [5.41, 5.74) is 2.34. The summed E-state index contributed by atoms with van der Waals surface area (Å²) < 4.78 is 13.2. The van der Waals surface area contributed by atoms with Gasteiger partial charge in [-0.25, -0.2) is 4.98 Å². The highest BCUT2D eigenvalue weighted by molar-refractivity contribution is 9.10. The molecule has 1 amide bonds. The van der Waals surface area contributed by atoms with Gasteiger partial charge in [-0.1, -0.05) is 44.2 Å². The van der Waals surface area contributed by atoms with E-state index in [-0.39, 0.29) is 17.4 Å². The number of benzene rings is 3. The lowest BCUT2D eigenvalue weighted by atomic mass is 10.0. The van der Waals surface area contributed by atoms with Gasteiger partial charge in [0.15, 0.2) is 0 Å². The Morgan fingerprint density at radius 3 is 2.37 bits per heavy atom. The molecule has 1 unspecified atom stereocenters. The zero-order valence-electron chi connectivity index (χ0n) is 22.5. The fourth-order valence-electron chi connectivity index (χ4n) is 4.57. The van der Waals surface area contributed by atoms with Gasteiger partial charge in [-0.15, -0.1) is 0 Å². The number of halogens is 1. The summed E-state index contributed by atoms with van der Waals surface area (Å²) in [6.07, 6.45) is 0. The van der Waals surface area contributed by atoms with Crippen LogP contribution in [0.25, 0.3) is 16.6 Å². The third-order valence-corrected chi connectivity index (χ3v) is 7.33. The van der Waals surface area contributed by atoms with Crippen LogP contribution >= 0.6 is 15.9 Å². The molecule has 0 aliphatic heterocycles. The number of ether oxygens (including phenoxy) is 2. The predicted octanol–water partition coefficient (Wildman–Crippen LogP) is 6.33. The van der Waals surface area contributed by atoms with Crippen LogP contribution in [0.5, 0.6) is 11.5 Å². The number of carbonyl (C=O) groups excluding carboxylic acids is 1. The number of hydrogen-bond donors (Lipinski definition) is 0. The number of carbonyl (C=O) groups is 1. The third kappa shape index (κ3) is 5.18. The van der Waals surface area contributed by atoms with Crippen molar-refractivity contribution in [1.29, 1.82) is 0 Å². The number of rotatable bonds is 8. The van der Waals surface area contributed by atoms with E-state index in [1.807, 2.05) is 56.3 Å². The summed E-state index contributed by atoms with van der Waals surface area (Å²) in [7, 11) is 3.11. The SMILES string of the molecule is COc1cc(OC)c(Br)c(-n2c(C(C)N(CC(C)C)C(=O)c3ccccc3C)nc3ccccc3c2=O)c1. The zero-order chi connectivity index (χ0) is 27.6. The normalized spacial score (nSPS) is 12.0. The maximum atomic E-state index is 14.1. The van der Waals surface area contributed by atoms with Crippen molar-refractivity contribution in [2.75, 3.05) is 20.8 Å². The molecule has 198 valence electrons. The fraction of sp³-hybridized carbons (Fsp3) is 0.300. The summed E-state index contributed by atoms with van der Waals surface area (Å²) >= 11 is 3.63. The molecule has 4 aromatic rings. The Morgan fingerprint density at radius 2 is 1.71 bits per heavy atom. The van der Waals surface area contributed by atoms with Gasteiger partial charge in [-0.05, 0) is 59.5 Å². The van der Waals surface area contributed by atoms with E-state index in [4.69, 9.17) is 14.5 Å². The van der Waals surface area contributed by atoms with Crippen molar-refractivity contribution in [3.63, 3.8) is 0 Å². The molecule has 0 aliphatic carbocycles. The third-order valence-electron chi connectivity index (χ3n) is 6.53. The first-order valence-electron chi connectivity index (χ1n) is 12.5. The Bertz CT molecular complexity index is 1550. The maximum absolute atomic E-state index is 14.1. The first-order valence-corrected chi connectivity index (χ1v) is 13.3. The number of aromatic nitrogens is 2. The van der Waals surface area contributed by atoms with Crippen LogP contribution in [0.1, 0.15) is 48.6 Å². The van der Waals surface area contributed by atoms with Crippen molar-refractivity contribution in [3.8, 4) is 17.2 Å². The summed E-state index contributed by atoms with van der Waals surface area (Å²) in [5.74, 6) is 1.55. The molecular weight excluding hydrogens is 546 g/mol. The number of aryl methyl sites for hydroxylation is 1. The number of methoxy groups -OCH3 is 2. The van der Waals surface area contributed by atoms with Gasteiger partial charge in [-0.2, -0.15) is 0 Å². The van der Waals surface area contributed by atoms with Gasteiger partial charge in [0, 0.05) is 24.2 Å². The van der Waals surface area contributed by atoms with Crippen LogP contribution in [-0.4, -0.2) is 41.1 Å². The molecule has 0 spiro atoms. The molecule has 3 aromatic carbocycles. The van der Waals surface area contributed by atoms with Crippen LogP contribution < -0.4 is 15.0 Å².